The maximum Gasteiger partial charge on any atom is 0.229 e. The Morgan fingerprint density at radius 2 is 1.91 bits per heavy atom. The molecule has 5 heteroatoms. The van der Waals surface area contributed by atoms with Gasteiger partial charge in [-0.15, -0.1) is 0 Å². The molecule has 4 nitrogen and oxygen atoms in total. The molecule has 0 aliphatic carbocycles. The second-order valence-corrected chi connectivity index (χ2v) is 5.54. The first-order chi connectivity index (χ1) is 11.1. The van der Waals surface area contributed by atoms with Crippen LogP contribution in [-0.2, 0) is 12.8 Å². The van der Waals surface area contributed by atoms with Crippen LogP contribution in [0, 0.1) is 12.7 Å². The Morgan fingerprint density at radius 3 is 2.65 bits per heavy atom. The number of hydrogen-bond donors (Lipinski definition) is 1. The highest BCUT2D eigenvalue weighted by Gasteiger charge is 2.16. The van der Waals surface area contributed by atoms with Crippen molar-refractivity contribution in [1.82, 2.24) is 10.1 Å². The van der Waals surface area contributed by atoms with Crippen LogP contribution in [0.3, 0.4) is 0 Å². The van der Waals surface area contributed by atoms with Gasteiger partial charge in [-0.2, -0.15) is 4.98 Å². The number of aliphatic hydroxyl groups excluding tert-OH is 1. The summed E-state index contributed by atoms with van der Waals surface area (Å²) >= 11 is 0. The number of benzene rings is 2. The van der Waals surface area contributed by atoms with Crippen LogP contribution in [0.1, 0.15) is 17.0 Å². The lowest BCUT2D eigenvalue weighted by Crippen LogP contribution is -2.14. The number of hydrogen-bond acceptors (Lipinski definition) is 4. The van der Waals surface area contributed by atoms with Crippen LogP contribution in [0.5, 0.6) is 0 Å². The van der Waals surface area contributed by atoms with Gasteiger partial charge in [0.15, 0.2) is 0 Å². The molecule has 0 aliphatic rings. The van der Waals surface area contributed by atoms with Crippen molar-refractivity contribution in [2.45, 2.75) is 25.9 Å². The van der Waals surface area contributed by atoms with Crippen LogP contribution in [-0.4, -0.2) is 21.4 Å². The molecule has 1 N–H and O–H groups in total. The largest absolute Gasteiger partial charge is 0.392 e. The fourth-order valence-corrected chi connectivity index (χ4v) is 2.41. The molecule has 0 aliphatic heterocycles. The zero-order valence-electron chi connectivity index (χ0n) is 12.7. The Hall–Kier alpha value is -2.53. The minimum atomic E-state index is -0.631. The third-order valence-corrected chi connectivity index (χ3v) is 3.56. The normalized spacial score (nSPS) is 12.3. The van der Waals surface area contributed by atoms with E-state index in [2.05, 4.69) is 10.1 Å². The second kappa shape index (κ2) is 6.71. The molecule has 0 saturated heterocycles. The number of rotatable bonds is 5. The van der Waals surface area contributed by atoms with Crippen molar-refractivity contribution in [2.24, 2.45) is 0 Å². The predicted octanol–water partition coefficient (Wildman–Crippen LogP) is 3.33. The fourth-order valence-electron chi connectivity index (χ4n) is 2.41. The molecule has 0 fully saturated rings. The van der Waals surface area contributed by atoms with E-state index in [4.69, 9.17) is 4.52 Å². The summed E-state index contributed by atoms with van der Waals surface area (Å²) < 4.78 is 19.0. The monoisotopic (exact) mass is 312 g/mol. The quantitative estimate of drug-likeness (QED) is 0.785. The van der Waals surface area contributed by atoms with E-state index in [9.17, 15) is 9.50 Å². The van der Waals surface area contributed by atoms with E-state index in [-0.39, 0.29) is 18.1 Å². The van der Waals surface area contributed by atoms with Crippen molar-refractivity contribution in [3.8, 4) is 11.4 Å². The molecule has 0 saturated carbocycles. The molecule has 0 bridgehead atoms. The molecule has 0 amide bonds. The molecule has 0 radical (unpaired) electrons. The summed E-state index contributed by atoms with van der Waals surface area (Å²) in [5.74, 6) is 0.106. The summed E-state index contributed by atoms with van der Waals surface area (Å²) in [6.45, 7) is 1.81. The second-order valence-electron chi connectivity index (χ2n) is 5.54. The lowest BCUT2D eigenvalue weighted by molar-refractivity contribution is 0.162. The molecule has 23 heavy (non-hydrogen) atoms. The first-order valence-electron chi connectivity index (χ1n) is 7.43. The van der Waals surface area contributed by atoms with Crippen molar-refractivity contribution in [3.05, 3.63) is 71.4 Å². The number of nitrogens with zero attached hydrogens (tertiary/aromatic N) is 2. The minimum Gasteiger partial charge on any atom is -0.392 e. The van der Waals surface area contributed by atoms with E-state index in [1.807, 2.05) is 37.3 Å². The fraction of sp³-hybridized carbons (Fsp3) is 0.222. The van der Waals surface area contributed by atoms with Gasteiger partial charge in [0.1, 0.15) is 5.82 Å². The third-order valence-electron chi connectivity index (χ3n) is 3.56. The summed E-state index contributed by atoms with van der Waals surface area (Å²) in [5, 5.41) is 13.9. The van der Waals surface area contributed by atoms with Gasteiger partial charge >= 0.3 is 0 Å². The molecule has 1 atom stereocenters. The molecule has 1 heterocycles. The number of aromatic nitrogens is 2. The van der Waals surface area contributed by atoms with Gasteiger partial charge in [0, 0.05) is 0 Å². The summed E-state index contributed by atoms with van der Waals surface area (Å²) in [4.78, 5) is 4.17. The predicted molar refractivity (Wildman–Crippen MR) is 84.3 cm³/mol. The smallest absolute Gasteiger partial charge is 0.229 e. The summed E-state index contributed by atoms with van der Waals surface area (Å²) in [6, 6.07) is 14.5. The van der Waals surface area contributed by atoms with Crippen molar-refractivity contribution in [1.29, 1.82) is 0 Å². The van der Waals surface area contributed by atoms with Gasteiger partial charge in [-0.3, -0.25) is 0 Å². The molecule has 2 aromatic carbocycles. The van der Waals surface area contributed by atoms with Crippen LogP contribution in [0.25, 0.3) is 11.4 Å². The maximum absolute atomic E-state index is 13.9. The Balaban J connectivity index is 1.69. The van der Waals surface area contributed by atoms with Gasteiger partial charge in [-0.1, -0.05) is 41.6 Å². The van der Waals surface area contributed by atoms with E-state index in [0.29, 0.717) is 17.9 Å². The van der Waals surface area contributed by atoms with E-state index >= 15 is 0 Å². The lowest BCUT2D eigenvalue weighted by atomic mass is 10.1. The van der Waals surface area contributed by atoms with E-state index in [0.717, 1.165) is 11.1 Å². The van der Waals surface area contributed by atoms with Gasteiger partial charge in [-0.25, -0.2) is 4.39 Å². The molecule has 0 spiro atoms. The van der Waals surface area contributed by atoms with Crippen LogP contribution in [0.2, 0.25) is 0 Å². The van der Waals surface area contributed by atoms with Gasteiger partial charge < -0.3 is 9.63 Å². The van der Waals surface area contributed by atoms with E-state index < -0.39 is 6.10 Å². The zero-order valence-corrected chi connectivity index (χ0v) is 12.7. The summed E-state index contributed by atoms with van der Waals surface area (Å²) in [5.41, 5.74) is 2.15. The van der Waals surface area contributed by atoms with Crippen molar-refractivity contribution in [2.75, 3.05) is 0 Å². The zero-order chi connectivity index (χ0) is 16.2. The molecular weight excluding hydrogens is 295 g/mol. The Labute approximate surface area is 133 Å². The minimum absolute atomic E-state index is 0.199. The van der Waals surface area contributed by atoms with Crippen LogP contribution >= 0.6 is 0 Å². The van der Waals surface area contributed by atoms with Gasteiger partial charge in [0.2, 0.25) is 11.7 Å². The van der Waals surface area contributed by atoms with Crippen LogP contribution in [0.15, 0.2) is 53.1 Å². The summed E-state index contributed by atoms with van der Waals surface area (Å²) in [7, 11) is 0. The highest BCUT2D eigenvalue weighted by atomic mass is 19.1. The maximum atomic E-state index is 13.9. The summed E-state index contributed by atoms with van der Waals surface area (Å²) in [6.07, 6.45) is 0.0980. The highest BCUT2D eigenvalue weighted by molar-refractivity contribution is 5.55. The van der Waals surface area contributed by atoms with Crippen molar-refractivity contribution < 1.29 is 14.0 Å². The molecule has 3 aromatic rings. The SMILES string of the molecule is Cc1ccc(-c2noc(CC(O)Cc3ccccc3)n2)c(F)c1. The van der Waals surface area contributed by atoms with E-state index in [1.54, 1.807) is 12.1 Å². The molecular formula is C18H17FN2O2. The van der Waals surface area contributed by atoms with E-state index in [1.165, 1.54) is 6.07 Å². The average Bonchev–Trinajstić information content (AvgIpc) is 2.96. The number of aryl methyl sites for hydroxylation is 1. The van der Waals surface area contributed by atoms with Gasteiger partial charge in [0.05, 0.1) is 18.1 Å². The Morgan fingerprint density at radius 1 is 1.13 bits per heavy atom. The molecule has 118 valence electrons. The van der Waals surface area contributed by atoms with Crippen LogP contribution in [0.4, 0.5) is 4.39 Å². The van der Waals surface area contributed by atoms with Gasteiger partial charge in [0.25, 0.3) is 0 Å². The van der Waals surface area contributed by atoms with Crippen molar-refractivity contribution >= 4 is 0 Å². The van der Waals surface area contributed by atoms with Gasteiger partial charge in [-0.05, 0) is 36.6 Å². The first kappa shape index (κ1) is 15.4. The Bertz CT molecular complexity index is 787. The first-order valence-corrected chi connectivity index (χ1v) is 7.43. The molecule has 3 rings (SSSR count). The average molecular weight is 312 g/mol. The highest BCUT2D eigenvalue weighted by Crippen LogP contribution is 2.21. The Kier molecular flexibility index (Phi) is 4.48. The number of aliphatic hydroxyl groups is 1. The number of halogens is 1. The lowest BCUT2D eigenvalue weighted by Gasteiger charge is -2.07. The topological polar surface area (TPSA) is 59.2 Å². The molecule has 1 unspecified atom stereocenters. The van der Waals surface area contributed by atoms with Crippen molar-refractivity contribution in [3.63, 3.8) is 0 Å². The van der Waals surface area contributed by atoms with Crippen LogP contribution < -0.4 is 0 Å². The third kappa shape index (κ3) is 3.81. The standard InChI is InChI=1S/C18H17FN2O2/c1-12-7-8-15(16(19)9-12)18-20-17(23-21-18)11-14(22)10-13-5-3-2-4-6-13/h2-9,14,22H,10-11H2,1H3. The molecule has 1 aromatic heterocycles.